The van der Waals surface area contributed by atoms with Crippen LogP contribution in [0.1, 0.15) is 19.9 Å². The third-order valence-electron chi connectivity index (χ3n) is 2.57. The maximum Gasteiger partial charge on any atom is 0.180 e. The van der Waals surface area contributed by atoms with E-state index in [-0.39, 0.29) is 32.7 Å². The van der Waals surface area contributed by atoms with Crippen molar-refractivity contribution < 1.29 is 37.4 Å². The molecule has 1 N–H and O–H groups in total. The Morgan fingerprint density at radius 1 is 1.31 bits per heavy atom. The molecule has 0 aliphatic carbocycles. The van der Waals surface area contributed by atoms with Crippen molar-refractivity contribution in [3.05, 3.63) is 24.4 Å². The van der Waals surface area contributed by atoms with Gasteiger partial charge in [-0.1, -0.05) is 5.69 Å². The number of rotatable bonds is 2. The van der Waals surface area contributed by atoms with Gasteiger partial charge in [0, 0.05) is 38.2 Å². The summed E-state index contributed by atoms with van der Waals surface area (Å²) in [6.07, 6.45) is 2.16. The minimum Gasteiger partial charge on any atom is -0.428 e. The van der Waals surface area contributed by atoms with Gasteiger partial charge in [0.15, 0.2) is 12.2 Å². The smallest absolute Gasteiger partial charge is 0.180 e. The van der Waals surface area contributed by atoms with E-state index in [1.54, 1.807) is 0 Å². The van der Waals surface area contributed by atoms with Crippen LogP contribution in [0.3, 0.4) is 0 Å². The van der Waals surface area contributed by atoms with Crippen molar-refractivity contribution in [1.29, 1.82) is 0 Å². The van der Waals surface area contributed by atoms with Crippen molar-refractivity contribution in [2.45, 2.75) is 19.9 Å². The minimum absolute atomic E-state index is 0. The summed E-state index contributed by atoms with van der Waals surface area (Å²) < 4.78 is 2.12. The second-order valence-electron chi connectivity index (χ2n) is 4.30. The van der Waals surface area contributed by atoms with Crippen LogP contribution < -0.4 is 9.58 Å². The van der Waals surface area contributed by atoms with E-state index in [1.807, 2.05) is 12.1 Å². The SMILES string of the molecule is CC(C)[n+]1cc2c(N(C)C)c[c-]cc2[nH]1.[Y]. The molecule has 0 aliphatic heterocycles. The van der Waals surface area contributed by atoms with E-state index < -0.39 is 0 Å². The summed E-state index contributed by atoms with van der Waals surface area (Å²) in [5, 5.41) is 4.59. The third kappa shape index (κ3) is 2.46. The van der Waals surface area contributed by atoms with E-state index in [2.05, 4.69) is 54.9 Å². The molecule has 16 heavy (non-hydrogen) atoms. The monoisotopic (exact) mass is 292 g/mol. The second kappa shape index (κ2) is 5.28. The number of H-pyrrole nitrogens is 1. The second-order valence-corrected chi connectivity index (χ2v) is 4.30. The van der Waals surface area contributed by atoms with Gasteiger partial charge in [-0.05, 0) is 33.3 Å². The van der Waals surface area contributed by atoms with Gasteiger partial charge in [-0.2, -0.15) is 12.1 Å². The van der Waals surface area contributed by atoms with Crippen molar-refractivity contribution >= 4 is 16.6 Å². The van der Waals surface area contributed by atoms with Gasteiger partial charge in [-0.3, -0.25) is 0 Å². The molecule has 0 bridgehead atoms. The molecule has 0 saturated carbocycles. The topological polar surface area (TPSA) is 22.9 Å². The zero-order valence-corrected chi connectivity index (χ0v) is 13.1. The number of benzene rings is 1. The van der Waals surface area contributed by atoms with Crippen molar-refractivity contribution in [3.8, 4) is 0 Å². The van der Waals surface area contributed by atoms with Gasteiger partial charge in [-0.25, -0.2) is 5.10 Å². The molecule has 1 heterocycles. The number of hydrogen-bond acceptors (Lipinski definition) is 1. The van der Waals surface area contributed by atoms with Gasteiger partial charge in [0.05, 0.1) is 0 Å². The summed E-state index contributed by atoms with van der Waals surface area (Å²) in [5.41, 5.74) is 2.33. The van der Waals surface area contributed by atoms with Crippen molar-refractivity contribution in [1.82, 2.24) is 5.10 Å². The van der Waals surface area contributed by atoms with Crippen molar-refractivity contribution in [2.24, 2.45) is 0 Å². The zero-order valence-electron chi connectivity index (χ0n) is 10.3. The Bertz CT molecular complexity index is 474. The van der Waals surface area contributed by atoms with Crippen LogP contribution in [0.5, 0.6) is 0 Å². The molecule has 0 spiro atoms. The Labute approximate surface area is 122 Å². The fourth-order valence-corrected chi connectivity index (χ4v) is 1.68. The molecule has 4 heteroatoms. The van der Waals surface area contributed by atoms with Crippen LogP contribution >= 0.6 is 0 Å². The summed E-state index contributed by atoms with van der Waals surface area (Å²) in [7, 11) is 4.10. The van der Waals surface area contributed by atoms with Crippen LogP contribution in [0.2, 0.25) is 0 Å². The molecule has 83 valence electrons. The quantitative estimate of drug-likeness (QED) is 0.663. The predicted molar refractivity (Wildman–Crippen MR) is 62.0 cm³/mol. The molecular weight excluding hydrogens is 275 g/mol. The van der Waals surface area contributed by atoms with E-state index in [1.165, 1.54) is 11.1 Å². The van der Waals surface area contributed by atoms with Gasteiger partial charge < -0.3 is 4.90 Å². The Balaban J connectivity index is 0.00000128. The van der Waals surface area contributed by atoms with E-state index in [9.17, 15) is 0 Å². The molecule has 0 amide bonds. The number of fused-ring (bicyclic) bond motifs is 1. The van der Waals surface area contributed by atoms with Gasteiger partial charge in [0.25, 0.3) is 0 Å². The van der Waals surface area contributed by atoms with E-state index in [0.29, 0.717) is 6.04 Å². The minimum atomic E-state index is 0. The van der Waals surface area contributed by atoms with Gasteiger partial charge >= 0.3 is 0 Å². The number of aromatic amines is 1. The molecule has 1 radical (unpaired) electrons. The maximum absolute atomic E-state index is 3.35. The molecular formula is C12H17N3Y. The predicted octanol–water partition coefficient (Wildman–Crippen LogP) is 1.90. The summed E-state index contributed by atoms with van der Waals surface area (Å²) in [6, 6.07) is 7.60. The molecule has 0 unspecified atom stereocenters. The van der Waals surface area contributed by atoms with Crippen LogP contribution in [-0.4, -0.2) is 19.2 Å². The molecule has 1 aromatic carbocycles. The fourth-order valence-electron chi connectivity index (χ4n) is 1.68. The number of hydrogen-bond donors (Lipinski definition) is 1. The Hall–Kier alpha value is -0.406. The molecule has 1 aromatic heterocycles. The Morgan fingerprint density at radius 2 is 2.00 bits per heavy atom. The van der Waals surface area contributed by atoms with Crippen molar-refractivity contribution in [2.75, 3.05) is 19.0 Å². The maximum atomic E-state index is 3.35. The van der Waals surface area contributed by atoms with Gasteiger partial charge in [0.2, 0.25) is 0 Å². The Kier molecular flexibility index (Phi) is 4.51. The first-order valence-electron chi connectivity index (χ1n) is 5.21. The normalized spacial score (nSPS) is 10.6. The van der Waals surface area contributed by atoms with Crippen LogP contribution in [0.4, 0.5) is 5.69 Å². The first kappa shape index (κ1) is 13.7. The molecule has 2 aromatic rings. The van der Waals surface area contributed by atoms with Gasteiger partial charge in [-0.15, -0.1) is 10.7 Å². The third-order valence-corrected chi connectivity index (χ3v) is 2.57. The first-order chi connectivity index (χ1) is 7.09. The van der Waals surface area contributed by atoms with Crippen LogP contribution in [0.25, 0.3) is 10.9 Å². The van der Waals surface area contributed by atoms with E-state index in [0.717, 1.165) is 5.52 Å². The molecule has 3 nitrogen and oxygen atoms in total. The van der Waals surface area contributed by atoms with Crippen molar-refractivity contribution in [3.63, 3.8) is 0 Å². The zero-order chi connectivity index (χ0) is 11.0. The standard InChI is InChI=1S/C12H16N3.Y/c1-9(2)15-8-10-11(13-15)6-5-7-12(10)14(3)4;/h6-9H,1-4H3;/q-1;/p+1. The number of aromatic nitrogens is 2. The Morgan fingerprint density at radius 3 is 2.56 bits per heavy atom. The summed E-state index contributed by atoms with van der Waals surface area (Å²) in [6.45, 7) is 4.32. The molecule has 0 aliphatic rings. The summed E-state index contributed by atoms with van der Waals surface area (Å²) in [4.78, 5) is 2.11. The number of anilines is 1. The van der Waals surface area contributed by atoms with E-state index >= 15 is 0 Å². The summed E-state index contributed by atoms with van der Waals surface area (Å²) in [5.74, 6) is 0. The number of nitrogens with one attached hydrogen (secondary N) is 1. The van der Waals surface area contributed by atoms with Crippen LogP contribution in [0, 0.1) is 6.07 Å². The molecule has 0 fully saturated rings. The van der Waals surface area contributed by atoms with Gasteiger partial charge in [0.1, 0.15) is 0 Å². The fraction of sp³-hybridized carbons (Fsp3) is 0.417. The first-order valence-corrected chi connectivity index (χ1v) is 5.21. The largest absolute Gasteiger partial charge is 0.428 e. The van der Waals surface area contributed by atoms with Crippen LogP contribution in [-0.2, 0) is 32.7 Å². The molecule has 0 saturated heterocycles. The average molecular weight is 292 g/mol. The summed E-state index contributed by atoms with van der Waals surface area (Å²) >= 11 is 0. The number of nitrogens with zero attached hydrogens (tertiary/aromatic N) is 2. The average Bonchev–Trinajstić information content (AvgIpc) is 2.60. The van der Waals surface area contributed by atoms with Crippen LogP contribution in [0.15, 0.2) is 18.3 Å². The van der Waals surface area contributed by atoms with E-state index in [4.69, 9.17) is 0 Å². The molecule has 0 atom stereocenters. The molecule has 2 rings (SSSR count).